The van der Waals surface area contributed by atoms with Crippen LogP contribution in [0.15, 0.2) is 28.9 Å². The smallest absolute Gasteiger partial charge is 0.376 e. The Balaban J connectivity index is 2.63. The molecule has 0 unspecified atom stereocenters. The Kier molecular flexibility index (Phi) is 2.42. The predicted molar refractivity (Wildman–Crippen MR) is 40.4 cm³/mol. The number of ketones is 1. The summed E-state index contributed by atoms with van der Waals surface area (Å²) < 4.78 is 4.83. The van der Waals surface area contributed by atoms with Gasteiger partial charge in [-0.1, -0.05) is 0 Å². The van der Waals surface area contributed by atoms with Crippen molar-refractivity contribution in [3.05, 3.63) is 30.2 Å². The Labute approximate surface area is 68.1 Å². The molecule has 0 aliphatic rings. The third kappa shape index (κ3) is 2.09. The first-order chi connectivity index (χ1) is 5.70. The highest BCUT2D eigenvalue weighted by Crippen LogP contribution is 2.01. The van der Waals surface area contributed by atoms with E-state index in [1.165, 1.54) is 12.3 Å². The first kappa shape index (κ1) is 8.26. The van der Waals surface area contributed by atoms with Gasteiger partial charge < -0.3 is 9.52 Å². The number of carboxylic acids is 1. The molecule has 1 heterocycles. The van der Waals surface area contributed by atoms with Crippen molar-refractivity contribution >= 4 is 17.8 Å². The monoisotopic (exact) mass is 166 g/mol. The molecule has 1 aromatic rings. The molecule has 12 heavy (non-hydrogen) atoms. The molecule has 0 saturated heterocycles. The zero-order chi connectivity index (χ0) is 8.97. The molecule has 0 amide bonds. The van der Waals surface area contributed by atoms with Gasteiger partial charge in [-0.15, -0.1) is 0 Å². The van der Waals surface area contributed by atoms with E-state index in [2.05, 4.69) is 0 Å². The van der Waals surface area contributed by atoms with E-state index in [0.29, 0.717) is 5.76 Å². The summed E-state index contributed by atoms with van der Waals surface area (Å²) in [5, 5.41) is 8.18. The highest BCUT2D eigenvalue weighted by atomic mass is 16.4. The van der Waals surface area contributed by atoms with Crippen LogP contribution in [0.2, 0.25) is 0 Å². The maximum Gasteiger partial charge on any atom is 0.376 e. The largest absolute Gasteiger partial charge is 0.475 e. The number of hydrogen-bond donors (Lipinski definition) is 1. The molecular weight excluding hydrogens is 160 g/mol. The molecule has 0 atom stereocenters. The maximum absolute atomic E-state index is 10.5. The minimum absolute atomic E-state index is 0.449. The molecular formula is C8H6O4. The van der Waals surface area contributed by atoms with Crippen molar-refractivity contribution in [3.8, 4) is 0 Å². The van der Waals surface area contributed by atoms with Gasteiger partial charge in [-0.25, -0.2) is 4.79 Å². The summed E-state index contributed by atoms with van der Waals surface area (Å²) in [7, 11) is 0. The van der Waals surface area contributed by atoms with Crippen LogP contribution >= 0.6 is 0 Å². The second-order valence-electron chi connectivity index (χ2n) is 2.02. The Hall–Kier alpha value is -1.84. The summed E-state index contributed by atoms with van der Waals surface area (Å²) in [4.78, 5) is 20.5. The van der Waals surface area contributed by atoms with Gasteiger partial charge in [0, 0.05) is 0 Å². The SMILES string of the molecule is O=C(O)C(=O)/C=C\c1ccco1. The lowest BCUT2D eigenvalue weighted by molar-refractivity contribution is -0.146. The molecule has 0 aliphatic carbocycles. The van der Waals surface area contributed by atoms with Crippen LogP contribution in [0.5, 0.6) is 0 Å². The van der Waals surface area contributed by atoms with Crippen LogP contribution in [-0.2, 0) is 9.59 Å². The zero-order valence-corrected chi connectivity index (χ0v) is 6.06. The number of hydrogen-bond acceptors (Lipinski definition) is 3. The zero-order valence-electron chi connectivity index (χ0n) is 6.06. The molecule has 1 N–H and O–H groups in total. The molecule has 0 bridgehead atoms. The van der Waals surface area contributed by atoms with Gasteiger partial charge in [0.25, 0.3) is 5.78 Å². The fourth-order valence-corrected chi connectivity index (χ4v) is 0.615. The van der Waals surface area contributed by atoms with Crippen molar-refractivity contribution in [1.29, 1.82) is 0 Å². The quantitative estimate of drug-likeness (QED) is 0.536. The van der Waals surface area contributed by atoms with Gasteiger partial charge in [0.1, 0.15) is 5.76 Å². The highest BCUT2D eigenvalue weighted by Gasteiger charge is 2.05. The third-order valence-electron chi connectivity index (χ3n) is 1.15. The number of carbonyl (C=O) groups excluding carboxylic acids is 1. The fourth-order valence-electron chi connectivity index (χ4n) is 0.615. The topological polar surface area (TPSA) is 67.5 Å². The summed E-state index contributed by atoms with van der Waals surface area (Å²) in [6, 6.07) is 3.26. The van der Waals surface area contributed by atoms with Crippen molar-refractivity contribution in [2.75, 3.05) is 0 Å². The van der Waals surface area contributed by atoms with E-state index < -0.39 is 11.8 Å². The average Bonchev–Trinajstić information content (AvgIpc) is 2.51. The third-order valence-corrected chi connectivity index (χ3v) is 1.15. The fraction of sp³-hybridized carbons (Fsp3) is 0. The normalized spacial score (nSPS) is 10.3. The van der Waals surface area contributed by atoms with E-state index in [-0.39, 0.29) is 0 Å². The molecule has 62 valence electrons. The van der Waals surface area contributed by atoms with E-state index >= 15 is 0 Å². The van der Waals surface area contributed by atoms with E-state index in [1.54, 1.807) is 12.1 Å². The molecule has 0 spiro atoms. The number of carboxylic acid groups (broad SMARTS) is 1. The van der Waals surface area contributed by atoms with Gasteiger partial charge in [0.15, 0.2) is 0 Å². The van der Waals surface area contributed by atoms with Crippen LogP contribution in [0.25, 0.3) is 6.08 Å². The van der Waals surface area contributed by atoms with Gasteiger partial charge in [0.05, 0.1) is 6.26 Å². The van der Waals surface area contributed by atoms with Crippen molar-refractivity contribution in [3.63, 3.8) is 0 Å². The molecule has 0 fully saturated rings. The molecule has 0 saturated carbocycles. The van der Waals surface area contributed by atoms with Gasteiger partial charge in [-0.3, -0.25) is 4.79 Å². The standard InChI is InChI=1S/C8H6O4/c9-7(8(10)11)4-3-6-2-1-5-12-6/h1-5H,(H,10,11)/b4-3-. The Morgan fingerprint density at radius 2 is 2.25 bits per heavy atom. The molecule has 0 aromatic carbocycles. The van der Waals surface area contributed by atoms with Crippen molar-refractivity contribution in [2.45, 2.75) is 0 Å². The van der Waals surface area contributed by atoms with Crippen LogP contribution in [0.1, 0.15) is 5.76 Å². The highest BCUT2D eigenvalue weighted by molar-refractivity contribution is 6.38. The molecule has 1 aromatic heterocycles. The molecule has 1 rings (SSSR count). The van der Waals surface area contributed by atoms with Gasteiger partial charge in [0.2, 0.25) is 0 Å². The first-order valence-electron chi connectivity index (χ1n) is 3.19. The van der Waals surface area contributed by atoms with Crippen LogP contribution < -0.4 is 0 Å². The Morgan fingerprint density at radius 3 is 2.75 bits per heavy atom. The van der Waals surface area contributed by atoms with Crippen LogP contribution in [0.3, 0.4) is 0 Å². The minimum atomic E-state index is -1.47. The Bertz CT molecular complexity index is 308. The lowest BCUT2D eigenvalue weighted by atomic mass is 10.3. The van der Waals surface area contributed by atoms with Crippen molar-refractivity contribution in [2.24, 2.45) is 0 Å². The van der Waals surface area contributed by atoms with E-state index in [4.69, 9.17) is 9.52 Å². The van der Waals surface area contributed by atoms with Gasteiger partial charge in [-0.2, -0.15) is 0 Å². The summed E-state index contributed by atoms with van der Waals surface area (Å²) >= 11 is 0. The van der Waals surface area contributed by atoms with Crippen LogP contribution in [0, 0.1) is 0 Å². The van der Waals surface area contributed by atoms with E-state index in [0.717, 1.165) is 6.08 Å². The number of aliphatic carboxylic acids is 1. The lowest BCUT2D eigenvalue weighted by Gasteiger charge is -1.82. The minimum Gasteiger partial charge on any atom is -0.475 e. The second kappa shape index (κ2) is 3.52. The molecule has 4 nitrogen and oxygen atoms in total. The van der Waals surface area contributed by atoms with Crippen LogP contribution in [-0.4, -0.2) is 16.9 Å². The summed E-state index contributed by atoms with van der Waals surface area (Å²) in [5.74, 6) is -1.99. The van der Waals surface area contributed by atoms with Crippen LogP contribution in [0.4, 0.5) is 0 Å². The number of furan rings is 1. The van der Waals surface area contributed by atoms with Crippen molar-refractivity contribution in [1.82, 2.24) is 0 Å². The first-order valence-corrected chi connectivity index (χ1v) is 3.19. The van der Waals surface area contributed by atoms with Crippen molar-refractivity contribution < 1.29 is 19.1 Å². The maximum atomic E-state index is 10.5. The molecule has 4 heteroatoms. The van der Waals surface area contributed by atoms with E-state index in [9.17, 15) is 9.59 Å². The van der Waals surface area contributed by atoms with Gasteiger partial charge >= 0.3 is 5.97 Å². The number of rotatable bonds is 3. The van der Waals surface area contributed by atoms with E-state index in [1.807, 2.05) is 0 Å². The summed E-state index contributed by atoms with van der Waals surface area (Å²) in [6.45, 7) is 0. The summed E-state index contributed by atoms with van der Waals surface area (Å²) in [6.07, 6.45) is 3.68. The second-order valence-corrected chi connectivity index (χ2v) is 2.02. The number of carbonyl (C=O) groups is 2. The lowest BCUT2D eigenvalue weighted by Crippen LogP contribution is -2.08. The van der Waals surface area contributed by atoms with Gasteiger partial charge in [-0.05, 0) is 24.3 Å². The Morgan fingerprint density at radius 1 is 1.50 bits per heavy atom. The predicted octanol–water partition coefficient (Wildman–Crippen LogP) is 0.947. The average molecular weight is 166 g/mol. The summed E-state index contributed by atoms with van der Waals surface area (Å²) in [5.41, 5.74) is 0. The molecule has 0 radical (unpaired) electrons. The molecule has 0 aliphatic heterocycles.